The molecule has 1 saturated carbocycles. The Balaban J connectivity index is 1.71. The van der Waals surface area contributed by atoms with Crippen LogP contribution in [0.4, 0.5) is 5.69 Å². The third-order valence-corrected chi connectivity index (χ3v) is 4.94. The number of amidine groups is 1. The fraction of sp³-hybridized carbons (Fsp3) is 0.588. The van der Waals surface area contributed by atoms with Gasteiger partial charge in [0, 0.05) is 43.5 Å². The van der Waals surface area contributed by atoms with Crippen LogP contribution in [0.15, 0.2) is 18.2 Å². The molecule has 2 aliphatic rings. The highest BCUT2D eigenvalue weighted by molar-refractivity contribution is 6.00. The number of anilines is 1. The molecule has 0 unspecified atom stereocenters. The lowest BCUT2D eigenvalue weighted by atomic mass is 10.1. The van der Waals surface area contributed by atoms with Crippen molar-refractivity contribution in [2.24, 2.45) is 5.73 Å². The van der Waals surface area contributed by atoms with Crippen molar-refractivity contribution in [2.75, 3.05) is 31.1 Å². The first-order valence-corrected chi connectivity index (χ1v) is 8.09. The number of piperazine rings is 1. The SMILES string of the molecule is Cc1ccc(C(=N)N)c(N2CCN(C3CCCC3)CC2)c1. The monoisotopic (exact) mass is 286 g/mol. The van der Waals surface area contributed by atoms with Gasteiger partial charge in [0.25, 0.3) is 0 Å². The lowest BCUT2D eigenvalue weighted by molar-refractivity contribution is 0.187. The van der Waals surface area contributed by atoms with Crippen LogP contribution < -0.4 is 10.6 Å². The number of rotatable bonds is 3. The smallest absolute Gasteiger partial charge is 0.124 e. The van der Waals surface area contributed by atoms with E-state index in [4.69, 9.17) is 11.1 Å². The van der Waals surface area contributed by atoms with Crippen LogP contribution in [0.25, 0.3) is 0 Å². The normalized spacial score (nSPS) is 20.9. The van der Waals surface area contributed by atoms with Crippen LogP contribution in [0.3, 0.4) is 0 Å². The number of hydrogen-bond donors (Lipinski definition) is 2. The van der Waals surface area contributed by atoms with E-state index in [0.717, 1.165) is 43.5 Å². The zero-order valence-corrected chi connectivity index (χ0v) is 12.9. The van der Waals surface area contributed by atoms with Crippen LogP contribution >= 0.6 is 0 Å². The standard InChI is InChI=1S/C17H26N4/c1-13-6-7-15(17(18)19)16(12-13)21-10-8-20(9-11-21)14-4-2-3-5-14/h6-7,12,14H,2-5,8-11H2,1H3,(H3,18,19). The molecule has 1 aliphatic heterocycles. The highest BCUT2D eigenvalue weighted by Gasteiger charge is 2.27. The maximum Gasteiger partial charge on any atom is 0.124 e. The molecule has 1 aromatic carbocycles. The highest BCUT2D eigenvalue weighted by atomic mass is 15.3. The van der Waals surface area contributed by atoms with E-state index in [1.807, 2.05) is 12.1 Å². The van der Waals surface area contributed by atoms with Crippen molar-refractivity contribution in [3.63, 3.8) is 0 Å². The van der Waals surface area contributed by atoms with E-state index in [1.165, 1.54) is 31.2 Å². The molecule has 0 atom stereocenters. The number of nitrogens with zero attached hydrogens (tertiary/aromatic N) is 2. The highest BCUT2D eigenvalue weighted by Crippen LogP contribution is 2.27. The first-order valence-electron chi connectivity index (χ1n) is 8.09. The van der Waals surface area contributed by atoms with Crippen molar-refractivity contribution in [3.05, 3.63) is 29.3 Å². The summed E-state index contributed by atoms with van der Waals surface area (Å²) in [5.41, 5.74) is 8.98. The molecule has 1 aromatic rings. The molecule has 114 valence electrons. The number of aryl methyl sites for hydroxylation is 1. The van der Waals surface area contributed by atoms with Crippen LogP contribution in [0.5, 0.6) is 0 Å². The molecule has 0 radical (unpaired) electrons. The zero-order chi connectivity index (χ0) is 14.8. The van der Waals surface area contributed by atoms with Gasteiger partial charge < -0.3 is 10.6 Å². The fourth-order valence-corrected chi connectivity index (χ4v) is 3.73. The Labute approximate surface area is 127 Å². The lowest BCUT2D eigenvalue weighted by Gasteiger charge is -2.39. The first kappa shape index (κ1) is 14.4. The van der Waals surface area contributed by atoms with E-state index >= 15 is 0 Å². The Hall–Kier alpha value is -1.55. The van der Waals surface area contributed by atoms with Gasteiger partial charge in [-0.1, -0.05) is 18.9 Å². The molecule has 0 bridgehead atoms. The summed E-state index contributed by atoms with van der Waals surface area (Å²) in [5.74, 6) is 0.170. The molecule has 4 heteroatoms. The maximum atomic E-state index is 7.78. The molecular weight excluding hydrogens is 260 g/mol. The van der Waals surface area contributed by atoms with Gasteiger partial charge in [-0.15, -0.1) is 0 Å². The van der Waals surface area contributed by atoms with Gasteiger partial charge in [0.2, 0.25) is 0 Å². The fourth-order valence-electron chi connectivity index (χ4n) is 3.73. The van der Waals surface area contributed by atoms with E-state index in [1.54, 1.807) is 0 Å². The van der Waals surface area contributed by atoms with E-state index in [2.05, 4.69) is 22.8 Å². The molecule has 1 heterocycles. The van der Waals surface area contributed by atoms with Crippen LogP contribution in [-0.2, 0) is 0 Å². The molecule has 0 aromatic heterocycles. The van der Waals surface area contributed by atoms with E-state index < -0.39 is 0 Å². The lowest BCUT2D eigenvalue weighted by Crippen LogP contribution is -2.50. The largest absolute Gasteiger partial charge is 0.384 e. The maximum absolute atomic E-state index is 7.78. The number of nitrogens with two attached hydrogens (primary N) is 1. The summed E-state index contributed by atoms with van der Waals surface area (Å²) in [6.45, 7) is 6.45. The summed E-state index contributed by atoms with van der Waals surface area (Å²) in [4.78, 5) is 5.06. The molecule has 3 rings (SSSR count). The first-order chi connectivity index (χ1) is 10.1. The summed E-state index contributed by atoms with van der Waals surface area (Å²) in [6, 6.07) is 7.00. The molecule has 4 nitrogen and oxygen atoms in total. The third kappa shape index (κ3) is 3.05. The van der Waals surface area contributed by atoms with E-state index in [0.29, 0.717) is 0 Å². The van der Waals surface area contributed by atoms with E-state index in [9.17, 15) is 0 Å². The minimum Gasteiger partial charge on any atom is -0.384 e. The van der Waals surface area contributed by atoms with Gasteiger partial charge >= 0.3 is 0 Å². The molecule has 0 spiro atoms. The Morgan fingerprint density at radius 2 is 1.81 bits per heavy atom. The van der Waals surface area contributed by atoms with Crippen molar-refractivity contribution in [1.29, 1.82) is 5.41 Å². The molecule has 3 N–H and O–H groups in total. The van der Waals surface area contributed by atoms with Crippen molar-refractivity contribution in [3.8, 4) is 0 Å². The van der Waals surface area contributed by atoms with Gasteiger partial charge in [-0.05, 0) is 37.5 Å². The summed E-state index contributed by atoms with van der Waals surface area (Å²) >= 11 is 0. The minimum atomic E-state index is 0.170. The molecular formula is C17H26N4. The summed E-state index contributed by atoms with van der Waals surface area (Å²) in [5, 5.41) is 7.78. The number of nitrogens with one attached hydrogen (secondary N) is 1. The Morgan fingerprint density at radius 1 is 1.14 bits per heavy atom. The molecule has 0 amide bonds. The topological polar surface area (TPSA) is 56.4 Å². The predicted molar refractivity (Wildman–Crippen MR) is 88.2 cm³/mol. The Morgan fingerprint density at radius 3 is 2.43 bits per heavy atom. The van der Waals surface area contributed by atoms with Gasteiger partial charge in [0.15, 0.2) is 0 Å². The zero-order valence-electron chi connectivity index (χ0n) is 12.9. The van der Waals surface area contributed by atoms with Crippen molar-refractivity contribution >= 4 is 11.5 Å². The molecule has 1 aliphatic carbocycles. The average molecular weight is 286 g/mol. The van der Waals surface area contributed by atoms with Crippen molar-refractivity contribution in [2.45, 2.75) is 38.6 Å². The molecule has 1 saturated heterocycles. The second-order valence-electron chi connectivity index (χ2n) is 6.40. The summed E-state index contributed by atoms with van der Waals surface area (Å²) in [6.07, 6.45) is 5.56. The Kier molecular flexibility index (Phi) is 4.15. The predicted octanol–water partition coefficient (Wildman–Crippen LogP) is 2.34. The second kappa shape index (κ2) is 6.06. The summed E-state index contributed by atoms with van der Waals surface area (Å²) in [7, 11) is 0. The van der Waals surface area contributed by atoms with Crippen molar-refractivity contribution < 1.29 is 0 Å². The number of benzene rings is 1. The van der Waals surface area contributed by atoms with Gasteiger partial charge in [-0.2, -0.15) is 0 Å². The molecule has 2 fully saturated rings. The van der Waals surface area contributed by atoms with E-state index in [-0.39, 0.29) is 5.84 Å². The average Bonchev–Trinajstić information content (AvgIpc) is 3.01. The number of hydrogen-bond acceptors (Lipinski definition) is 3. The van der Waals surface area contributed by atoms with Crippen LogP contribution in [0, 0.1) is 12.3 Å². The second-order valence-corrected chi connectivity index (χ2v) is 6.40. The summed E-state index contributed by atoms with van der Waals surface area (Å²) < 4.78 is 0. The van der Waals surface area contributed by atoms with Crippen LogP contribution in [0.1, 0.15) is 36.8 Å². The quantitative estimate of drug-likeness (QED) is 0.662. The minimum absolute atomic E-state index is 0.170. The number of nitrogen functional groups attached to an aromatic ring is 1. The Bertz CT molecular complexity index is 512. The van der Waals surface area contributed by atoms with Crippen molar-refractivity contribution in [1.82, 2.24) is 4.90 Å². The molecule has 21 heavy (non-hydrogen) atoms. The third-order valence-electron chi connectivity index (χ3n) is 4.94. The van der Waals surface area contributed by atoms with Gasteiger partial charge in [0.1, 0.15) is 5.84 Å². The van der Waals surface area contributed by atoms with Crippen LogP contribution in [0.2, 0.25) is 0 Å². The van der Waals surface area contributed by atoms with Crippen LogP contribution in [-0.4, -0.2) is 43.0 Å². The van der Waals surface area contributed by atoms with Gasteiger partial charge in [-0.3, -0.25) is 10.3 Å². The van der Waals surface area contributed by atoms with Gasteiger partial charge in [0.05, 0.1) is 0 Å². The van der Waals surface area contributed by atoms with Gasteiger partial charge in [-0.25, -0.2) is 0 Å².